The van der Waals surface area contributed by atoms with E-state index in [0.717, 1.165) is 29.1 Å². The molecule has 1 atom stereocenters. The number of benzene rings is 2. The van der Waals surface area contributed by atoms with Gasteiger partial charge in [0.2, 0.25) is 11.8 Å². The maximum atomic E-state index is 13.2. The Hall–Kier alpha value is -4.14. The number of nitrogens with zero attached hydrogens (tertiary/aromatic N) is 5. The quantitative estimate of drug-likeness (QED) is 0.361. The van der Waals surface area contributed by atoms with Crippen LogP contribution in [0, 0.1) is 5.92 Å². The highest BCUT2D eigenvalue weighted by Gasteiger charge is 2.26. The molecule has 0 spiro atoms. The maximum Gasteiger partial charge on any atom is 0.242 e. The third-order valence-corrected chi connectivity index (χ3v) is 7.39. The van der Waals surface area contributed by atoms with E-state index in [-0.39, 0.29) is 18.4 Å². The monoisotopic (exact) mass is 545 g/mol. The van der Waals surface area contributed by atoms with Crippen molar-refractivity contribution in [2.24, 2.45) is 5.92 Å². The zero-order valence-corrected chi connectivity index (χ0v) is 23.9. The van der Waals surface area contributed by atoms with E-state index in [1.165, 1.54) is 0 Å². The van der Waals surface area contributed by atoms with Gasteiger partial charge in [0, 0.05) is 38.3 Å². The van der Waals surface area contributed by atoms with E-state index >= 15 is 0 Å². The zero-order chi connectivity index (χ0) is 28.5. The van der Waals surface area contributed by atoms with Gasteiger partial charge in [-0.2, -0.15) is 0 Å². The second-order valence-corrected chi connectivity index (χ2v) is 10.2. The van der Waals surface area contributed by atoms with Crippen LogP contribution in [0.2, 0.25) is 0 Å². The van der Waals surface area contributed by atoms with Crippen molar-refractivity contribution in [3.05, 3.63) is 66.2 Å². The molecule has 3 aromatic rings. The molecule has 2 amide bonds. The molecule has 40 heavy (non-hydrogen) atoms. The van der Waals surface area contributed by atoms with E-state index in [1.54, 1.807) is 19.1 Å². The second-order valence-electron chi connectivity index (χ2n) is 10.2. The maximum absolute atomic E-state index is 13.2. The van der Waals surface area contributed by atoms with Crippen LogP contribution in [0.4, 0.5) is 5.82 Å². The molecule has 9 heteroatoms. The normalized spacial score (nSPS) is 14.0. The fraction of sp³-hybridized carbons (Fsp3) is 0.419. The van der Waals surface area contributed by atoms with Gasteiger partial charge < -0.3 is 24.2 Å². The first-order valence-electron chi connectivity index (χ1n) is 13.8. The van der Waals surface area contributed by atoms with Crippen LogP contribution in [0.15, 0.2) is 60.7 Å². The number of ether oxygens (including phenoxy) is 2. The molecule has 0 radical (unpaired) electrons. The highest BCUT2D eigenvalue weighted by atomic mass is 16.5. The molecule has 1 unspecified atom stereocenters. The molecule has 9 nitrogen and oxygen atoms in total. The van der Waals surface area contributed by atoms with E-state index < -0.39 is 0 Å². The Balaban J connectivity index is 1.34. The van der Waals surface area contributed by atoms with E-state index in [9.17, 15) is 9.59 Å². The molecule has 2 heterocycles. The van der Waals surface area contributed by atoms with E-state index in [2.05, 4.69) is 28.9 Å². The van der Waals surface area contributed by atoms with Crippen LogP contribution in [-0.2, 0) is 16.0 Å². The number of hydrogen-bond acceptors (Lipinski definition) is 7. The molecule has 212 valence electrons. The minimum absolute atomic E-state index is 0.0108. The number of carbonyl (C=O) groups is 2. The molecule has 1 aliphatic rings. The van der Waals surface area contributed by atoms with E-state index in [4.69, 9.17) is 9.47 Å². The van der Waals surface area contributed by atoms with Crippen LogP contribution in [0.3, 0.4) is 0 Å². The van der Waals surface area contributed by atoms with Crippen LogP contribution in [0.1, 0.15) is 25.8 Å². The second kappa shape index (κ2) is 13.8. The lowest BCUT2D eigenvalue weighted by Crippen LogP contribution is -2.52. The molecule has 2 aromatic carbocycles. The van der Waals surface area contributed by atoms with E-state index in [0.29, 0.717) is 56.6 Å². The van der Waals surface area contributed by atoms with Gasteiger partial charge in [0.15, 0.2) is 17.3 Å². The summed E-state index contributed by atoms with van der Waals surface area (Å²) in [7, 11) is 3.21. The Bertz CT molecular complexity index is 1260. The molecule has 0 N–H and O–H groups in total. The number of anilines is 1. The molecular formula is C31H39N5O4. The largest absolute Gasteiger partial charge is 0.493 e. The third kappa shape index (κ3) is 7.28. The average molecular weight is 546 g/mol. The predicted molar refractivity (Wildman–Crippen MR) is 156 cm³/mol. The van der Waals surface area contributed by atoms with E-state index in [1.807, 2.05) is 65.6 Å². The molecule has 1 aliphatic heterocycles. The minimum atomic E-state index is -0.0146. The molecular weight excluding hydrogens is 506 g/mol. The lowest BCUT2D eigenvalue weighted by atomic mass is 10.1. The van der Waals surface area contributed by atoms with Crippen molar-refractivity contribution in [2.45, 2.75) is 26.7 Å². The summed E-state index contributed by atoms with van der Waals surface area (Å²) in [4.78, 5) is 32.1. The molecule has 1 fully saturated rings. The van der Waals surface area contributed by atoms with Gasteiger partial charge in [0.1, 0.15) is 0 Å². The topological polar surface area (TPSA) is 88.1 Å². The van der Waals surface area contributed by atoms with Gasteiger partial charge in [-0.25, -0.2) is 0 Å². The Morgan fingerprint density at radius 3 is 2.27 bits per heavy atom. The van der Waals surface area contributed by atoms with Gasteiger partial charge in [-0.05, 0) is 41.8 Å². The summed E-state index contributed by atoms with van der Waals surface area (Å²) in [5.41, 5.74) is 2.58. The van der Waals surface area contributed by atoms with Crippen LogP contribution < -0.4 is 14.4 Å². The molecule has 1 aromatic heterocycles. The summed E-state index contributed by atoms with van der Waals surface area (Å²) in [5, 5.41) is 8.87. The Labute approximate surface area is 236 Å². The van der Waals surface area contributed by atoms with Crippen LogP contribution in [0.25, 0.3) is 11.3 Å². The zero-order valence-electron chi connectivity index (χ0n) is 23.9. The number of rotatable bonds is 11. The van der Waals surface area contributed by atoms with Gasteiger partial charge in [0.05, 0.1) is 32.9 Å². The summed E-state index contributed by atoms with van der Waals surface area (Å²) >= 11 is 0. The molecule has 0 saturated carbocycles. The van der Waals surface area contributed by atoms with Crippen molar-refractivity contribution in [3.63, 3.8) is 0 Å². The Kier molecular flexibility index (Phi) is 9.94. The van der Waals surface area contributed by atoms with Gasteiger partial charge in [-0.1, -0.05) is 50.6 Å². The lowest BCUT2D eigenvalue weighted by molar-refractivity contribution is -0.140. The van der Waals surface area contributed by atoms with Gasteiger partial charge in [0.25, 0.3) is 0 Å². The van der Waals surface area contributed by atoms with Crippen molar-refractivity contribution < 1.29 is 19.1 Å². The summed E-state index contributed by atoms with van der Waals surface area (Å²) < 4.78 is 10.7. The SMILES string of the molecule is CCC(C)CN(CC(=O)N1CCN(c2ccc(-c3ccc(OC)c(OC)c3)nn2)CC1)C(=O)Cc1ccccc1. The molecule has 0 aliphatic carbocycles. The average Bonchev–Trinajstić information content (AvgIpc) is 3.00. The van der Waals surface area contributed by atoms with Crippen molar-refractivity contribution in [1.82, 2.24) is 20.0 Å². The number of piperazine rings is 1. The standard InChI is InChI=1S/C31H39N5O4/c1-5-23(2)21-36(30(37)19-24-9-7-6-8-10-24)22-31(38)35-17-15-34(16-18-35)29-14-12-26(32-33-29)25-11-13-27(39-3)28(20-25)40-4/h6-14,20,23H,5,15-19,21-22H2,1-4H3. The number of aromatic nitrogens is 2. The van der Waals surface area contributed by atoms with Crippen LogP contribution in [0.5, 0.6) is 11.5 Å². The predicted octanol–water partition coefficient (Wildman–Crippen LogP) is 3.93. The van der Waals surface area contributed by atoms with Crippen molar-refractivity contribution in [2.75, 3.05) is 58.4 Å². The Morgan fingerprint density at radius 1 is 0.925 bits per heavy atom. The van der Waals surface area contributed by atoms with Gasteiger partial charge >= 0.3 is 0 Å². The number of hydrogen-bond donors (Lipinski definition) is 0. The first-order valence-corrected chi connectivity index (χ1v) is 13.8. The van der Waals surface area contributed by atoms with Gasteiger partial charge in [-0.3, -0.25) is 9.59 Å². The smallest absolute Gasteiger partial charge is 0.242 e. The van der Waals surface area contributed by atoms with Crippen LogP contribution >= 0.6 is 0 Å². The summed E-state index contributed by atoms with van der Waals surface area (Å²) in [6, 6.07) is 19.2. The molecule has 1 saturated heterocycles. The number of methoxy groups -OCH3 is 2. The van der Waals surface area contributed by atoms with Crippen molar-refractivity contribution in [1.29, 1.82) is 0 Å². The fourth-order valence-corrected chi connectivity index (χ4v) is 4.73. The molecule has 4 rings (SSSR count). The summed E-state index contributed by atoms with van der Waals surface area (Å²) in [6.07, 6.45) is 1.25. The summed E-state index contributed by atoms with van der Waals surface area (Å²) in [6.45, 7) is 7.35. The van der Waals surface area contributed by atoms with Crippen molar-refractivity contribution in [3.8, 4) is 22.8 Å². The third-order valence-electron chi connectivity index (χ3n) is 7.39. The summed E-state index contributed by atoms with van der Waals surface area (Å²) in [5.74, 6) is 2.36. The minimum Gasteiger partial charge on any atom is -0.493 e. The van der Waals surface area contributed by atoms with Crippen molar-refractivity contribution >= 4 is 17.6 Å². The van der Waals surface area contributed by atoms with Crippen LogP contribution in [-0.4, -0.2) is 85.3 Å². The fourth-order valence-electron chi connectivity index (χ4n) is 4.73. The number of carbonyl (C=O) groups excluding carboxylic acids is 2. The Morgan fingerprint density at radius 2 is 1.65 bits per heavy atom. The number of amides is 2. The van der Waals surface area contributed by atoms with Gasteiger partial charge in [-0.15, -0.1) is 10.2 Å². The molecule has 0 bridgehead atoms. The first kappa shape index (κ1) is 28.9. The lowest BCUT2D eigenvalue weighted by Gasteiger charge is -2.36. The first-order chi connectivity index (χ1) is 19.4. The highest BCUT2D eigenvalue weighted by molar-refractivity contribution is 5.86. The highest BCUT2D eigenvalue weighted by Crippen LogP contribution is 2.31.